The first-order chi connectivity index (χ1) is 9.28. The van der Waals surface area contributed by atoms with Crippen LogP contribution in [0.4, 0.5) is 5.69 Å². The van der Waals surface area contributed by atoms with Gasteiger partial charge in [0.25, 0.3) is 0 Å². The predicted molar refractivity (Wildman–Crippen MR) is 80.8 cm³/mol. The van der Waals surface area contributed by atoms with Gasteiger partial charge in [-0.1, -0.05) is 6.82 Å². The van der Waals surface area contributed by atoms with Crippen LogP contribution in [0.15, 0.2) is 23.3 Å². The lowest BCUT2D eigenvalue weighted by atomic mass is 9.71. The van der Waals surface area contributed by atoms with Crippen LogP contribution >= 0.6 is 0 Å². The smallest absolute Gasteiger partial charge is 0.195 e. The average Bonchev–Trinajstić information content (AvgIpc) is 2.91. The number of hydrogen-bond donors (Lipinski definition) is 2. The maximum Gasteiger partial charge on any atom is 0.195 e. The second-order valence-electron chi connectivity index (χ2n) is 4.61. The number of rotatable bonds is 2. The van der Waals surface area contributed by atoms with E-state index in [9.17, 15) is 0 Å². The highest BCUT2D eigenvalue weighted by Gasteiger charge is 2.12. The summed E-state index contributed by atoms with van der Waals surface area (Å²) in [4.78, 5) is 13.4. The minimum Gasteiger partial charge on any atom is -0.354 e. The predicted octanol–water partition coefficient (Wildman–Crippen LogP) is 0.419. The van der Waals surface area contributed by atoms with Crippen molar-refractivity contribution in [3.63, 3.8) is 0 Å². The molecule has 2 N–H and O–H groups in total. The number of aromatic nitrogens is 2. The molecule has 2 aromatic rings. The molecule has 0 atom stereocenters. The van der Waals surface area contributed by atoms with Crippen molar-refractivity contribution in [3.8, 4) is 0 Å². The third-order valence-electron chi connectivity index (χ3n) is 3.22. The molecule has 19 heavy (non-hydrogen) atoms. The van der Waals surface area contributed by atoms with E-state index in [1.807, 2.05) is 19.1 Å². The number of hydrogen-bond acceptors (Lipinski definition) is 5. The second-order valence-corrected chi connectivity index (χ2v) is 4.61. The summed E-state index contributed by atoms with van der Waals surface area (Å²) in [6, 6.07) is 4.05. The molecule has 0 fully saturated rings. The third-order valence-corrected chi connectivity index (χ3v) is 3.22. The number of aryl methyl sites for hydroxylation is 1. The lowest BCUT2D eigenvalue weighted by molar-refractivity contribution is 0.959. The summed E-state index contributed by atoms with van der Waals surface area (Å²) in [5, 5.41) is 6.56. The van der Waals surface area contributed by atoms with Gasteiger partial charge in [0, 0.05) is 18.4 Å². The van der Waals surface area contributed by atoms with E-state index >= 15 is 0 Å². The maximum atomic E-state index is 4.62. The van der Waals surface area contributed by atoms with Gasteiger partial charge in [0.1, 0.15) is 0 Å². The standard InChI is InChI=1S/C13H16BN5/c1-8-7-17-10-4-3-9(11(14-2)12(10)18-8)19-13-15-5-6-16-13/h3-4,7,14H,5-6H2,1-2H3,(H2,15,16,19). The Morgan fingerprint density at radius 1 is 1.37 bits per heavy atom. The molecular formula is C13H16BN5. The van der Waals surface area contributed by atoms with E-state index in [0.717, 1.165) is 48.7 Å². The van der Waals surface area contributed by atoms with E-state index in [0.29, 0.717) is 0 Å². The second kappa shape index (κ2) is 4.88. The van der Waals surface area contributed by atoms with Gasteiger partial charge in [-0.3, -0.25) is 15.0 Å². The van der Waals surface area contributed by atoms with Gasteiger partial charge in [0.2, 0.25) is 0 Å². The lowest BCUT2D eigenvalue weighted by Crippen LogP contribution is -2.30. The van der Waals surface area contributed by atoms with Gasteiger partial charge in [-0.15, -0.1) is 0 Å². The normalized spacial score (nSPS) is 14.1. The highest BCUT2D eigenvalue weighted by atomic mass is 15.2. The van der Waals surface area contributed by atoms with E-state index in [1.165, 1.54) is 5.46 Å². The molecule has 2 heterocycles. The number of fused-ring (bicyclic) bond motifs is 1. The van der Waals surface area contributed by atoms with Crippen molar-refractivity contribution in [3.05, 3.63) is 24.0 Å². The number of anilines is 1. The first-order valence-electron chi connectivity index (χ1n) is 6.58. The fourth-order valence-electron chi connectivity index (χ4n) is 2.31. The fourth-order valence-corrected chi connectivity index (χ4v) is 2.31. The number of guanidine groups is 1. The van der Waals surface area contributed by atoms with Crippen LogP contribution in [0.1, 0.15) is 5.69 Å². The Morgan fingerprint density at radius 2 is 2.26 bits per heavy atom. The quantitative estimate of drug-likeness (QED) is 0.761. The molecule has 5 nitrogen and oxygen atoms in total. The Morgan fingerprint density at radius 3 is 3.00 bits per heavy atom. The van der Waals surface area contributed by atoms with E-state index in [-0.39, 0.29) is 0 Å². The first-order valence-corrected chi connectivity index (χ1v) is 6.58. The molecule has 1 aliphatic rings. The van der Waals surface area contributed by atoms with E-state index < -0.39 is 0 Å². The molecule has 0 saturated heterocycles. The molecule has 0 radical (unpaired) electrons. The van der Waals surface area contributed by atoms with Gasteiger partial charge in [-0.2, -0.15) is 0 Å². The van der Waals surface area contributed by atoms with Gasteiger partial charge in [-0.25, -0.2) is 0 Å². The zero-order valence-corrected chi connectivity index (χ0v) is 11.2. The van der Waals surface area contributed by atoms with Crippen molar-refractivity contribution in [2.75, 3.05) is 18.4 Å². The Labute approximate surface area is 112 Å². The van der Waals surface area contributed by atoms with Crippen molar-refractivity contribution >= 4 is 35.4 Å². The van der Waals surface area contributed by atoms with Gasteiger partial charge < -0.3 is 10.6 Å². The van der Waals surface area contributed by atoms with Gasteiger partial charge in [-0.05, 0) is 24.5 Å². The summed E-state index contributed by atoms with van der Waals surface area (Å²) in [6.45, 7) is 5.83. The SMILES string of the molecule is CBc1c(NC2=NCCN2)ccc2ncc(C)nc12. The van der Waals surface area contributed by atoms with Gasteiger partial charge >= 0.3 is 0 Å². The maximum absolute atomic E-state index is 4.62. The highest BCUT2D eigenvalue weighted by Crippen LogP contribution is 2.14. The van der Waals surface area contributed by atoms with Crippen LogP contribution in [-0.4, -0.2) is 36.3 Å². The zero-order chi connectivity index (χ0) is 13.2. The molecule has 0 spiro atoms. The number of aliphatic imine (C=N–C) groups is 1. The Hall–Kier alpha value is -2.11. The van der Waals surface area contributed by atoms with Crippen LogP contribution in [-0.2, 0) is 0 Å². The van der Waals surface area contributed by atoms with Gasteiger partial charge in [0.05, 0.1) is 23.3 Å². The first kappa shape index (κ1) is 12.0. The summed E-state index contributed by atoms with van der Waals surface area (Å²) in [5.74, 6) is 0.842. The van der Waals surface area contributed by atoms with Crippen LogP contribution in [0.3, 0.4) is 0 Å². The summed E-state index contributed by atoms with van der Waals surface area (Å²) < 4.78 is 0. The summed E-state index contributed by atoms with van der Waals surface area (Å²) in [5.41, 5.74) is 5.10. The minimum atomic E-state index is 0.830. The molecule has 0 amide bonds. The van der Waals surface area contributed by atoms with E-state index in [4.69, 9.17) is 0 Å². The summed E-state index contributed by atoms with van der Waals surface area (Å²) >= 11 is 0. The van der Waals surface area contributed by atoms with Crippen LogP contribution in [0.5, 0.6) is 0 Å². The molecule has 0 bridgehead atoms. The number of nitrogens with zero attached hydrogens (tertiary/aromatic N) is 3. The largest absolute Gasteiger partial charge is 0.354 e. The van der Waals surface area contributed by atoms with Gasteiger partial charge in [0.15, 0.2) is 13.2 Å². The molecule has 1 aromatic heterocycles. The molecule has 3 rings (SSSR count). The molecule has 0 saturated carbocycles. The molecule has 1 aliphatic heterocycles. The topological polar surface area (TPSA) is 62.2 Å². The van der Waals surface area contributed by atoms with Crippen LogP contribution in [0, 0.1) is 6.92 Å². The molecule has 0 unspecified atom stereocenters. The lowest BCUT2D eigenvalue weighted by Gasteiger charge is -2.13. The van der Waals surface area contributed by atoms with Crippen molar-refractivity contribution < 1.29 is 0 Å². The van der Waals surface area contributed by atoms with Crippen LogP contribution in [0.2, 0.25) is 6.82 Å². The monoisotopic (exact) mass is 253 g/mol. The molecular weight excluding hydrogens is 237 g/mol. The number of nitrogens with one attached hydrogen (secondary N) is 2. The van der Waals surface area contributed by atoms with Crippen LogP contribution < -0.4 is 16.1 Å². The number of benzene rings is 1. The Bertz CT molecular complexity index is 653. The van der Waals surface area contributed by atoms with Crippen molar-refractivity contribution in [1.29, 1.82) is 0 Å². The Balaban J connectivity index is 2.08. The fraction of sp³-hybridized carbons (Fsp3) is 0.308. The third kappa shape index (κ3) is 2.25. The molecule has 0 aliphatic carbocycles. The minimum absolute atomic E-state index is 0.830. The Kier molecular flexibility index (Phi) is 3.07. The van der Waals surface area contributed by atoms with E-state index in [2.05, 4.69) is 32.4 Å². The van der Waals surface area contributed by atoms with Crippen LogP contribution in [0.25, 0.3) is 11.0 Å². The summed E-state index contributed by atoms with van der Waals surface area (Å²) in [6.07, 6.45) is 1.80. The highest BCUT2D eigenvalue weighted by molar-refractivity contribution is 6.58. The molecule has 1 aromatic carbocycles. The van der Waals surface area contributed by atoms with E-state index in [1.54, 1.807) is 6.20 Å². The average molecular weight is 253 g/mol. The van der Waals surface area contributed by atoms with Crippen molar-refractivity contribution in [1.82, 2.24) is 15.3 Å². The van der Waals surface area contributed by atoms with Crippen molar-refractivity contribution in [2.45, 2.75) is 13.7 Å². The van der Waals surface area contributed by atoms with Crippen molar-refractivity contribution in [2.24, 2.45) is 4.99 Å². The summed E-state index contributed by atoms with van der Waals surface area (Å²) in [7, 11) is 0.908. The zero-order valence-electron chi connectivity index (χ0n) is 11.2. The molecule has 6 heteroatoms. The molecule has 96 valence electrons.